The van der Waals surface area contributed by atoms with Crippen LogP contribution in [0.1, 0.15) is 77.2 Å². The van der Waals surface area contributed by atoms with Crippen molar-refractivity contribution in [2.45, 2.75) is 78.7 Å². The standard InChI is InChI=1S/C14H27N3/c1-5-8-10-13-14(11-9-6-2)17(16-15-13)12(4)7-3/h12H,5-11H2,1-4H3. The molecule has 0 fully saturated rings. The highest BCUT2D eigenvalue weighted by Gasteiger charge is 2.15. The molecule has 17 heavy (non-hydrogen) atoms. The second kappa shape index (κ2) is 7.46. The molecule has 0 amide bonds. The summed E-state index contributed by atoms with van der Waals surface area (Å²) in [6.45, 7) is 8.91. The van der Waals surface area contributed by atoms with Crippen LogP contribution >= 0.6 is 0 Å². The third-order valence-corrected chi connectivity index (χ3v) is 3.41. The van der Waals surface area contributed by atoms with Crippen molar-refractivity contribution in [3.8, 4) is 0 Å². The molecule has 0 bridgehead atoms. The lowest BCUT2D eigenvalue weighted by molar-refractivity contribution is 0.445. The van der Waals surface area contributed by atoms with Crippen LogP contribution in [-0.4, -0.2) is 15.0 Å². The quantitative estimate of drug-likeness (QED) is 0.685. The predicted octanol–water partition coefficient (Wildman–Crippen LogP) is 3.93. The lowest BCUT2D eigenvalue weighted by atomic mass is 10.1. The van der Waals surface area contributed by atoms with Crippen LogP contribution < -0.4 is 0 Å². The summed E-state index contributed by atoms with van der Waals surface area (Å²) in [5.74, 6) is 0. The average Bonchev–Trinajstić information content (AvgIpc) is 2.75. The third-order valence-electron chi connectivity index (χ3n) is 3.41. The van der Waals surface area contributed by atoms with Gasteiger partial charge in [-0.25, -0.2) is 4.68 Å². The van der Waals surface area contributed by atoms with Gasteiger partial charge in [-0.3, -0.25) is 0 Å². The van der Waals surface area contributed by atoms with Crippen LogP contribution in [0, 0.1) is 0 Å². The van der Waals surface area contributed by atoms with Crippen molar-refractivity contribution in [3.05, 3.63) is 11.4 Å². The molecule has 1 unspecified atom stereocenters. The van der Waals surface area contributed by atoms with Crippen molar-refractivity contribution in [2.75, 3.05) is 0 Å². The summed E-state index contributed by atoms with van der Waals surface area (Å²) in [5.41, 5.74) is 2.62. The fraction of sp³-hybridized carbons (Fsp3) is 0.857. The van der Waals surface area contributed by atoms with Crippen LogP contribution in [0.5, 0.6) is 0 Å². The Morgan fingerprint density at radius 2 is 1.71 bits per heavy atom. The molecular weight excluding hydrogens is 210 g/mol. The smallest absolute Gasteiger partial charge is 0.0859 e. The number of hydrogen-bond donors (Lipinski definition) is 0. The molecule has 0 saturated heterocycles. The van der Waals surface area contributed by atoms with Crippen molar-refractivity contribution in [1.82, 2.24) is 15.0 Å². The lowest BCUT2D eigenvalue weighted by Crippen LogP contribution is -2.11. The molecular formula is C14H27N3. The molecule has 1 aromatic rings. The van der Waals surface area contributed by atoms with Gasteiger partial charge >= 0.3 is 0 Å². The minimum absolute atomic E-state index is 0.477. The van der Waals surface area contributed by atoms with Gasteiger partial charge in [-0.15, -0.1) is 5.10 Å². The van der Waals surface area contributed by atoms with Gasteiger partial charge in [0.15, 0.2) is 0 Å². The van der Waals surface area contributed by atoms with E-state index in [1.807, 2.05) is 0 Å². The first-order valence-electron chi connectivity index (χ1n) is 7.17. The SMILES string of the molecule is CCCCc1nnn(C(C)CC)c1CCCC. The predicted molar refractivity (Wildman–Crippen MR) is 72.2 cm³/mol. The zero-order chi connectivity index (χ0) is 12.7. The number of hydrogen-bond acceptors (Lipinski definition) is 2. The molecule has 0 radical (unpaired) electrons. The summed E-state index contributed by atoms with van der Waals surface area (Å²) in [4.78, 5) is 0. The largest absolute Gasteiger partial charge is 0.246 e. The summed E-state index contributed by atoms with van der Waals surface area (Å²) in [7, 11) is 0. The van der Waals surface area contributed by atoms with Crippen molar-refractivity contribution in [1.29, 1.82) is 0 Å². The molecule has 1 atom stereocenters. The highest BCUT2D eigenvalue weighted by atomic mass is 15.4. The Labute approximate surface area is 106 Å². The summed E-state index contributed by atoms with van der Waals surface area (Å²) >= 11 is 0. The van der Waals surface area contributed by atoms with Crippen LogP contribution in [0.2, 0.25) is 0 Å². The second-order valence-electron chi connectivity index (χ2n) is 4.89. The Hall–Kier alpha value is -0.860. The van der Waals surface area contributed by atoms with Crippen LogP contribution in [0.15, 0.2) is 0 Å². The zero-order valence-electron chi connectivity index (χ0n) is 11.9. The van der Waals surface area contributed by atoms with Crippen LogP contribution in [0.4, 0.5) is 0 Å². The summed E-state index contributed by atoms with van der Waals surface area (Å²) in [5, 5.41) is 8.75. The first-order valence-corrected chi connectivity index (χ1v) is 7.17. The Bertz CT molecular complexity index is 317. The second-order valence-corrected chi connectivity index (χ2v) is 4.89. The molecule has 98 valence electrons. The molecule has 0 aliphatic rings. The molecule has 3 heteroatoms. The zero-order valence-corrected chi connectivity index (χ0v) is 11.9. The average molecular weight is 237 g/mol. The van der Waals surface area contributed by atoms with E-state index in [0.717, 1.165) is 19.3 Å². The summed E-state index contributed by atoms with van der Waals surface area (Å²) in [6, 6.07) is 0.477. The summed E-state index contributed by atoms with van der Waals surface area (Å²) < 4.78 is 2.15. The Morgan fingerprint density at radius 3 is 2.29 bits per heavy atom. The van der Waals surface area contributed by atoms with E-state index in [1.165, 1.54) is 37.1 Å². The fourth-order valence-electron chi connectivity index (χ4n) is 2.01. The highest BCUT2D eigenvalue weighted by Crippen LogP contribution is 2.18. The fourth-order valence-corrected chi connectivity index (χ4v) is 2.01. The van der Waals surface area contributed by atoms with E-state index in [-0.39, 0.29) is 0 Å². The molecule has 3 nitrogen and oxygen atoms in total. The van der Waals surface area contributed by atoms with Crippen LogP contribution in [0.3, 0.4) is 0 Å². The van der Waals surface area contributed by atoms with Gasteiger partial charge in [0.05, 0.1) is 17.4 Å². The summed E-state index contributed by atoms with van der Waals surface area (Å²) in [6.07, 6.45) is 8.26. The van der Waals surface area contributed by atoms with Gasteiger partial charge < -0.3 is 0 Å². The van der Waals surface area contributed by atoms with Gasteiger partial charge in [-0.2, -0.15) is 0 Å². The van der Waals surface area contributed by atoms with Crippen LogP contribution in [-0.2, 0) is 12.8 Å². The van der Waals surface area contributed by atoms with Crippen molar-refractivity contribution in [2.24, 2.45) is 0 Å². The first kappa shape index (κ1) is 14.2. The number of aryl methyl sites for hydroxylation is 1. The molecule has 0 aliphatic heterocycles. The Kier molecular flexibility index (Phi) is 6.23. The third kappa shape index (κ3) is 3.83. The van der Waals surface area contributed by atoms with E-state index in [0.29, 0.717) is 6.04 Å². The van der Waals surface area contributed by atoms with E-state index in [1.54, 1.807) is 0 Å². The van der Waals surface area contributed by atoms with E-state index in [4.69, 9.17) is 0 Å². The number of nitrogens with zero attached hydrogens (tertiary/aromatic N) is 3. The van der Waals surface area contributed by atoms with Gasteiger partial charge in [-0.05, 0) is 39.0 Å². The van der Waals surface area contributed by atoms with E-state index >= 15 is 0 Å². The lowest BCUT2D eigenvalue weighted by Gasteiger charge is -2.13. The maximum absolute atomic E-state index is 4.39. The van der Waals surface area contributed by atoms with Gasteiger partial charge in [0.2, 0.25) is 0 Å². The van der Waals surface area contributed by atoms with Gasteiger partial charge in [0, 0.05) is 0 Å². The Morgan fingerprint density at radius 1 is 1.06 bits per heavy atom. The van der Waals surface area contributed by atoms with E-state index in [9.17, 15) is 0 Å². The molecule has 1 rings (SSSR count). The highest BCUT2D eigenvalue weighted by molar-refractivity contribution is 5.11. The molecule has 0 aliphatic carbocycles. The van der Waals surface area contributed by atoms with Crippen molar-refractivity contribution in [3.63, 3.8) is 0 Å². The topological polar surface area (TPSA) is 30.7 Å². The van der Waals surface area contributed by atoms with Crippen molar-refractivity contribution < 1.29 is 0 Å². The first-order chi connectivity index (χ1) is 8.24. The van der Waals surface area contributed by atoms with Gasteiger partial charge in [-0.1, -0.05) is 38.8 Å². The molecule has 0 N–H and O–H groups in total. The molecule has 1 heterocycles. The monoisotopic (exact) mass is 237 g/mol. The van der Waals surface area contributed by atoms with Crippen molar-refractivity contribution >= 4 is 0 Å². The molecule has 0 saturated carbocycles. The van der Waals surface area contributed by atoms with E-state index in [2.05, 4.69) is 42.7 Å². The maximum atomic E-state index is 4.39. The van der Waals surface area contributed by atoms with Gasteiger partial charge in [0.1, 0.15) is 0 Å². The van der Waals surface area contributed by atoms with Crippen LogP contribution in [0.25, 0.3) is 0 Å². The normalized spacial score (nSPS) is 12.9. The van der Waals surface area contributed by atoms with E-state index < -0.39 is 0 Å². The van der Waals surface area contributed by atoms with Gasteiger partial charge in [0.25, 0.3) is 0 Å². The Balaban J connectivity index is 2.84. The molecule has 1 aromatic heterocycles. The number of aromatic nitrogens is 3. The number of rotatable bonds is 8. The minimum Gasteiger partial charge on any atom is -0.246 e. The molecule has 0 spiro atoms. The molecule has 0 aromatic carbocycles. The number of unbranched alkanes of at least 4 members (excludes halogenated alkanes) is 2. The maximum Gasteiger partial charge on any atom is 0.0859 e. The minimum atomic E-state index is 0.477.